The van der Waals surface area contributed by atoms with Gasteiger partial charge in [0.15, 0.2) is 0 Å². The number of carboxylic acids is 1. The molecule has 0 saturated heterocycles. The Bertz CT molecular complexity index is 1370. The molecule has 148 valence electrons. The number of benzene rings is 3. The summed E-state index contributed by atoms with van der Waals surface area (Å²) in [6, 6.07) is 16.8. The number of carbonyl (C=O) groups is 1. The van der Waals surface area contributed by atoms with E-state index in [0.29, 0.717) is 32.4 Å². The molecule has 3 aromatic carbocycles. The molecular formula is C22H18ClNO4S. The average molecular weight is 428 g/mol. The molecule has 0 fully saturated rings. The minimum atomic E-state index is -3.92. The molecular weight excluding hydrogens is 410 g/mol. The van der Waals surface area contributed by atoms with Crippen molar-refractivity contribution >= 4 is 49.4 Å². The molecule has 1 atom stereocenters. The van der Waals surface area contributed by atoms with E-state index >= 15 is 0 Å². The van der Waals surface area contributed by atoms with E-state index in [4.69, 9.17) is 11.6 Å². The number of carboxylic acid groups (broad SMARTS) is 1. The SMILES string of the molecule is Cc1ccc(S(=O)(=O)n2c3ccc(Cl)cc3c3ccc(C(C)C(=O)O)cc32)cc1. The van der Waals surface area contributed by atoms with Crippen molar-refractivity contribution < 1.29 is 18.3 Å². The summed E-state index contributed by atoms with van der Waals surface area (Å²) in [6.07, 6.45) is 0. The van der Waals surface area contributed by atoms with Crippen LogP contribution in [0.5, 0.6) is 0 Å². The predicted molar refractivity (Wildman–Crippen MR) is 114 cm³/mol. The quantitative estimate of drug-likeness (QED) is 0.486. The molecule has 0 aliphatic heterocycles. The Balaban J connectivity index is 2.10. The first kappa shape index (κ1) is 19.5. The van der Waals surface area contributed by atoms with E-state index in [0.717, 1.165) is 5.56 Å². The van der Waals surface area contributed by atoms with Gasteiger partial charge in [0, 0.05) is 15.8 Å². The van der Waals surface area contributed by atoms with Crippen molar-refractivity contribution in [1.29, 1.82) is 0 Å². The zero-order valence-corrected chi connectivity index (χ0v) is 17.3. The van der Waals surface area contributed by atoms with Gasteiger partial charge >= 0.3 is 5.97 Å². The molecule has 7 heteroatoms. The van der Waals surface area contributed by atoms with Gasteiger partial charge in [-0.25, -0.2) is 12.4 Å². The molecule has 0 amide bonds. The van der Waals surface area contributed by atoms with Crippen LogP contribution in [0, 0.1) is 6.92 Å². The summed E-state index contributed by atoms with van der Waals surface area (Å²) in [5.74, 6) is -1.74. The van der Waals surface area contributed by atoms with Crippen LogP contribution in [0.15, 0.2) is 65.6 Å². The van der Waals surface area contributed by atoms with E-state index in [-0.39, 0.29) is 4.90 Å². The van der Waals surface area contributed by atoms with Crippen LogP contribution in [0.25, 0.3) is 21.8 Å². The van der Waals surface area contributed by atoms with Gasteiger partial charge in [0.2, 0.25) is 0 Å². The number of aliphatic carboxylic acids is 1. The first-order chi connectivity index (χ1) is 13.7. The first-order valence-corrected chi connectivity index (χ1v) is 10.8. The van der Waals surface area contributed by atoms with E-state index in [9.17, 15) is 18.3 Å². The Labute approximate surface area is 173 Å². The molecule has 1 N–H and O–H groups in total. The molecule has 1 heterocycles. The Morgan fingerprint density at radius 3 is 2.31 bits per heavy atom. The third kappa shape index (κ3) is 3.18. The number of aryl methyl sites for hydroxylation is 1. The standard InChI is InChI=1S/C22H18ClNO4S/c1-13-3-7-17(8-4-13)29(27,28)24-20-10-6-16(23)12-19(20)18-9-5-15(11-21(18)24)14(2)22(25)26/h3-12,14H,1-2H3,(H,25,26). The smallest absolute Gasteiger partial charge is 0.310 e. The van der Waals surface area contributed by atoms with Crippen molar-refractivity contribution in [3.05, 3.63) is 76.8 Å². The largest absolute Gasteiger partial charge is 0.481 e. The maximum absolute atomic E-state index is 13.5. The van der Waals surface area contributed by atoms with Crippen LogP contribution in [0.3, 0.4) is 0 Å². The molecule has 1 unspecified atom stereocenters. The maximum atomic E-state index is 13.5. The van der Waals surface area contributed by atoms with Gasteiger partial charge in [0.1, 0.15) is 0 Å². The predicted octanol–water partition coefficient (Wildman–Crippen LogP) is 5.18. The minimum Gasteiger partial charge on any atom is -0.481 e. The lowest BCUT2D eigenvalue weighted by molar-refractivity contribution is -0.138. The highest BCUT2D eigenvalue weighted by molar-refractivity contribution is 7.90. The number of hydrogen-bond acceptors (Lipinski definition) is 3. The van der Waals surface area contributed by atoms with Gasteiger partial charge in [-0.1, -0.05) is 41.4 Å². The molecule has 5 nitrogen and oxygen atoms in total. The Morgan fingerprint density at radius 1 is 0.966 bits per heavy atom. The van der Waals surface area contributed by atoms with E-state index in [2.05, 4.69) is 0 Å². The molecule has 0 saturated carbocycles. The fourth-order valence-electron chi connectivity index (χ4n) is 3.46. The van der Waals surface area contributed by atoms with E-state index in [1.807, 2.05) is 6.92 Å². The summed E-state index contributed by atoms with van der Waals surface area (Å²) >= 11 is 6.16. The highest BCUT2D eigenvalue weighted by Crippen LogP contribution is 2.35. The van der Waals surface area contributed by atoms with Crippen LogP contribution in [-0.2, 0) is 14.8 Å². The van der Waals surface area contributed by atoms with Crippen molar-refractivity contribution in [1.82, 2.24) is 3.97 Å². The molecule has 4 aromatic rings. The third-order valence-corrected chi connectivity index (χ3v) is 7.11. The fourth-order valence-corrected chi connectivity index (χ4v) is 5.15. The van der Waals surface area contributed by atoms with Crippen LogP contribution in [0.1, 0.15) is 24.0 Å². The average Bonchev–Trinajstić information content (AvgIpc) is 3.01. The number of nitrogens with zero attached hydrogens (tertiary/aromatic N) is 1. The summed E-state index contributed by atoms with van der Waals surface area (Å²) in [7, 11) is -3.92. The zero-order chi connectivity index (χ0) is 20.9. The van der Waals surface area contributed by atoms with Crippen molar-refractivity contribution in [2.75, 3.05) is 0 Å². The van der Waals surface area contributed by atoms with Crippen molar-refractivity contribution in [2.45, 2.75) is 24.7 Å². The number of hydrogen-bond donors (Lipinski definition) is 1. The highest BCUT2D eigenvalue weighted by Gasteiger charge is 2.25. The normalized spacial score (nSPS) is 13.1. The molecule has 0 aliphatic carbocycles. The van der Waals surface area contributed by atoms with Gasteiger partial charge in [-0.05, 0) is 55.8 Å². The van der Waals surface area contributed by atoms with E-state index < -0.39 is 21.9 Å². The van der Waals surface area contributed by atoms with Gasteiger partial charge in [0.05, 0.1) is 21.8 Å². The van der Waals surface area contributed by atoms with Crippen LogP contribution in [0.4, 0.5) is 0 Å². The van der Waals surface area contributed by atoms with Gasteiger partial charge < -0.3 is 5.11 Å². The molecule has 0 spiro atoms. The number of halogens is 1. The van der Waals surface area contributed by atoms with Crippen molar-refractivity contribution in [3.8, 4) is 0 Å². The molecule has 1 aromatic heterocycles. The summed E-state index contributed by atoms with van der Waals surface area (Å²) in [4.78, 5) is 11.6. The van der Waals surface area contributed by atoms with Gasteiger partial charge in [-0.3, -0.25) is 4.79 Å². The molecule has 0 bridgehead atoms. The Morgan fingerprint density at radius 2 is 1.66 bits per heavy atom. The first-order valence-electron chi connectivity index (χ1n) is 8.99. The molecule has 29 heavy (non-hydrogen) atoms. The Kier molecular flexibility index (Phi) is 4.63. The third-order valence-electron chi connectivity index (χ3n) is 5.14. The van der Waals surface area contributed by atoms with Gasteiger partial charge in [-0.2, -0.15) is 0 Å². The zero-order valence-electron chi connectivity index (χ0n) is 15.8. The van der Waals surface area contributed by atoms with E-state index in [1.165, 1.54) is 3.97 Å². The van der Waals surface area contributed by atoms with Crippen LogP contribution in [-0.4, -0.2) is 23.5 Å². The second-order valence-corrected chi connectivity index (χ2v) is 9.30. The maximum Gasteiger partial charge on any atom is 0.310 e. The van der Waals surface area contributed by atoms with E-state index in [1.54, 1.807) is 67.6 Å². The van der Waals surface area contributed by atoms with Gasteiger partial charge in [-0.15, -0.1) is 0 Å². The topological polar surface area (TPSA) is 76.4 Å². The van der Waals surface area contributed by atoms with Crippen molar-refractivity contribution in [3.63, 3.8) is 0 Å². The number of rotatable bonds is 4. The summed E-state index contributed by atoms with van der Waals surface area (Å²) in [5.41, 5.74) is 2.40. The molecule has 0 radical (unpaired) electrons. The summed E-state index contributed by atoms with van der Waals surface area (Å²) < 4.78 is 28.4. The number of fused-ring (bicyclic) bond motifs is 3. The number of aromatic nitrogens is 1. The van der Waals surface area contributed by atoms with Crippen molar-refractivity contribution in [2.24, 2.45) is 0 Å². The van der Waals surface area contributed by atoms with Crippen LogP contribution >= 0.6 is 11.6 Å². The molecule has 0 aliphatic rings. The minimum absolute atomic E-state index is 0.161. The molecule has 4 rings (SSSR count). The monoisotopic (exact) mass is 427 g/mol. The lowest BCUT2D eigenvalue weighted by atomic mass is 10.00. The van der Waals surface area contributed by atoms with Crippen LogP contribution in [0.2, 0.25) is 5.02 Å². The van der Waals surface area contributed by atoms with Gasteiger partial charge in [0.25, 0.3) is 10.0 Å². The van der Waals surface area contributed by atoms with Crippen LogP contribution < -0.4 is 0 Å². The lowest BCUT2D eigenvalue weighted by Gasteiger charge is -2.11. The lowest BCUT2D eigenvalue weighted by Crippen LogP contribution is -2.13. The highest BCUT2D eigenvalue weighted by atomic mass is 35.5. The fraction of sp³-hybridized carbons (Fsp3) is 0.136. The summed E-state index contributed by atoms with van der Waals surface area (Å²) in [5, 5.41) is 11.3. The Hall–Kier alpha value is -2.83. The second kappa shape index (κ2) is 6.90. The second-order valence-electron chi connectivity index (χ2n) is 7.08. The summed E-state index contributed by atoms with van der Waals surface area (Å²) in [6.45, 7) is 3.46.